The predicted molar refractivity (Wildman–Crippen MR) is 78.1 cm³/mol. The molecule has 0 saturated carbocycles. The van der Waals surface area contributed by atoms with Crippen LogP contribution < -0.4 is 10.6 Å². The van der Waals surface area contributed by atoms with E-state index in [1.165, 1.54) is 0 Å². The minimum absolute atomic E-state index is 0.178. The summed E-state index contributed by atoms with van der Waals surface area (Å²) in [7, 11) is 1.66. The number of halogens is 1. The Labute approximate surface area is 115 Å². The molecule has 19 heavy (non-hydrogen) atoms. The summed E-state index contributed by atoms with van der Waals surface area (Å²) in [6.45, 7) is 6.90. The minimum atomic E-state index is -0.178. The van der Waals surface area contributed by atoms with Gasteiger partial charge in [0, 0.05) is 20.2 Å². The van der Waals surface area contributed by atoms with Crippen LogP contribution in [0.2, 0.25) is 0 Å². The summed E-state index contributed by atoms with van der Waals surface area (Å²) in [6, 6.07) is 5.38. The first-order valence-corrected chi connectivity index (χ1v) is 6.80. The van der Waals surface area contributed by atoms with E-state index in [4.69, 9.17) is 10.5 Å². The number of rotatable bonds is 8. The normalized spacial score (nSPS) is 11.1. The lowest BCUT2D eigenvalue weighted by Crippen LogP contribution is -2.31. The largest absolute Gasteiger partial charge is 0.383 e. The molecule has 0 aromatic heterocycles. The molecule has 0 saturated heterocycles. The van der Waals surface area contributed by atoms with E-state index in [-0.39, 0.29) is 5.82 Å². The van der Waals surface area contributed by atoms with E-state index in [0.717, 1.165) is 12.1 Å². The van der Waals surface area contributed by atoms with Gasteiger partial charge in [-0.2, -0.15) is 0 Å². The third-order valence-electron chi connectivity index (χ3n) is 2.94. The molecule has 0 heterocycles. The van der Waals surface area contributed by atoms with Crippen LogP contribution in [0, 0.1) is 11.7 Å². The Morgan fingerprint density at radius 3 is 2.63 bits per heavy atom. The summed E-state index contributed by atoms with van der Waals surface area (Å²) >= 11 is 0. The molecule has 1 rings (SSSR count). The van der Waals surface area contributed by atoms with Gasteiger partial charge in [0.25, 0.3) is 0 Å². The first kappa shape index (κ1) is 15.9. The van der Waals surface area contributed by atoms with Crippen LogP contribution in [0.3, 0.4) is 0 Å². The maximum Gasteiger partial charge on any atom is 0.146 e. The molecule has 1 aromatic carbocycles. The van der Waals surface area contributed by atoms with Crippen LogP contribution in [0.5, 0.6) is 0 Å². The average Bonchev–Trinajstić information content (AvgIpc) is 2.35. The average molecular weight is 268 g/mol. The fourth-order valence-corrected chi connectivity index (χ4v) is 2.08. The standard InChI is InChI=1S/C15H25FN2O/c1-12(2)11-18(8-9-19-3)15-5-4-13(6-7-17)10-14(15)16/h4-5,10,12H,6-9,11,17H2,1-3H3. The second-order valence-corrected chi connectivity index (χ2v) is 5.16. The Morgan fingerprint density at radius 2 is 2.11 bits per heavy atom. The van der Waals surface area contributed by atoms with Crippen molar-refractivity contribution in [2.75, 3.05) is 38.3 Å². The molecule has 0 radical (unpaired) electrons. The van der Waals surface area contributed by atoms with E-state index in [1.54, 1.807) is 13.2 Å². The number of nitrogens with zero attached hydrogens (tertiary/aromatic N) is 1. The summed E-state index contributed by atoms with van der Waals surface area (Å²) in [5.74, 6) is 0.294. The van der Waals surface area contributed by atoms with Crippen molar-refractivity contribution >= 4 is 5.69 Å². The van der Waals surface area contributed by atoms with Gasteiger partial charge in [-0.15, -0.1) is 0 Å². The Kier molecular flexibility index (Phi) is 6.81. The van der Waals surface area contributed by atoms with E-state index < -0.39 is 0 Å². The van der Waals surface area contributed by atoms with Crippen molar-refractivity contribution in [1.29, 1.82) is 0 Å². The zero-order valence-electron chi connectivity index (χ0n) is 12.2. The van der Waals surface area contributed by atoms with Crippen LogP contribution >= 0.6 is 0 Å². The van der Waals surface area contributed by atoms with Gasteiger partial charge in [0.1, 0.15) is 5.82 Å². The van der Waals surface area contributed by atoms with Gasteiger partial charge in [0.15, 0.2) is 0 Å². The molecule has 0 fully saturated rings. The second kappa shape index (κ2) is 8.12. The number of hydrogen-bond acceptors (Lipinski definition) is 3. The van der Waals surface area contributed by atoms with Gasteiger partial charge in [-0.05, 0) is 36.6 Å². The van der Waals surface area contributed by atoms with E-state index >= 15 is 0 Å². The van der Waals surface area contributed by atoms with E-state index in [9.17, 15) is 4.39 Å². The van der Waals surface area contributed by atoms with E-state index in [0.29, 0.717) is 37.7 Å². The smallest absolute Gasteiger partial charge is 0.146 e. The highest BCUT2D eigenvalue weighted by Crippen LogP contribution is 2.21. The maximum absolute atomic E-state index is 14.2. The summed E-state index contributed by atoms with van der Waals surface area (Å²) in [4.78, 5) is 2.04. The van der Waals surface area contributed by atoms with Gasteiger partial charge in [0.2, 0.25) is 0 Å². The number of nitrogens with two attached hydrogens (primary N) is 1. The van der Waals surface area contributed by atoms with Crippen molar-refractivity contribution in [3.8, 4) is 0 Å². The van der Waals surface area contributed by atoms with Gasteiger partial charge >= 0.3 is 0 Å². The number of hydrogen-bond donors (Lipinski definition) is 1. The molecule has 0 bridgehead atoms. The summed E-state index contributed by atoms with van der Waals surface area (Å²) in [5, 5.41) is 0. The van der Waals surface area contributed by atoms with Gasteiger partial charge in [0.05, 0.1) is 12.3 Å². The third-order valence-corrected chi connectivity index (χ3v) is 2.94. The monoisotopic (exact) mass is 268 g/mol. The molecule has 1 aromatic rings. The predicted octanol–water partition coefficient (Wildman–Crippen LogP) is 2.44. The summed E-state index contributed by atoms with van der Waals surface area (Å²) in [6.07, 6.45) is 0.708. The van der Waals surface area contributed by atoms with Crippen molar-refractivity contribution in [1.82, 2.24) is 0 Å². The molecule has 0 atom stereocenters. The number of ether oxygens (including phenoxy) is 1. The molecule has 3 nitrogen and oxygen atoms in total. The Hall–Kier alpha value is -1.13. The Balaban J connectivity index is 2.87. The number of benzene rings is 1. The number of anilines is 1. The SMILES string of the molecule is COCCN(CC(C)C)c1ccc(CCN)cc1F. The molecule has 4 heteroatoms. The van der Waals surface area contributed by atoms with Crippen molar-refractivity contribution in [3.05, 3.63) is 29.6 Å². The van der Waals surface area contributed by atoms with Crippen LogP contribution in [0.4, 0.5) is 10.1 Å². The minimum Gasteiger partial charge on any atom is -0.383 e. The van der Waals surface area contributed by atoms with E-state index in [2.05, 4.69) is 13.8 Å². The molecule has 0 aliphatic carbocycles. The lowest BCUT2D eigenvalue weighted by molar-refractivity contribution is 0.204. The molecular formula is C15H25FN2O. The quantitative estimate of drug-likeness (QED) is 0.787. The molecule has 2 N–H and O–H groups in total. The number of methoxy groups -OCH3 is 1. The van der Waals surface area contributed by atoms with Gasteiger partial charge in [-0.1, -0.05) is 19.9 Å². The highest BCUT2D eigenvalue weighted by Gasteiger charge is 2.13. The first-order chi connectivity index (χ1) is 9.08. The lowest BCUT2D eigenvalue weighted by Gasteiger charge is -2.27. The highest BCUT2D eigenvalue weighted by atomic mass is 19.1. The molecule has 0 spiro atoms. The van der Waals surface area contributed by atoms with Crippen LogP contribution in [-0.4, -0.2) is 33.4 Å². The third kappa shape index (κ3) is 5.17. The topological polar surface area (TPSA) is 38.5 Å². The molecule has 0 unspecified atom stereocenters. The summed E-state index contributed by atoms with van der Waals surface area (Å²) < 4.78 is 19.3. The lowest BCUT2D eigenvalue weighted by atomic mass is 10.1. The Bertz CT molecular complexity index is 382. The van der Waals surface area contributed by atoms with Gasteiger partial charge < -0.3 is 15.4 Å². The Morgan fingerprint density at radius 1 is 1.37 bits per heavy atom. The van der Waals surface area contributed by atoms with Crippen LogP contribution in [0.15, 0.2) is 18.2 Å². The zero-order valence-corrected chi connectivity index (χ0v) is 12.2. The fraction of sp³-hybridized carbons (Fsp3) is 0.600. The first-order valence-electron chi connectivity index (χ1n) is 6.80. The maximum atomic E-state index is 14.2. The van der Waals surface area contributed by atoms with Crippen LogP contribution in [-0.2, 0) is 11.2 Å². The molecule has 0 aliphatic rings. The second-order valence-electron chi connectivity index (χ2n) is 5.16. The van der Waals surface area contributed by atoms with Crippen molar-refractivity contribution in [3.63, 3.8) is 0 Å². The molecule has 108 valence electrons. The van der Waals surface area contributed by atoms with Crippen molar-refractivity contribution in [2.45, 2.75) is 20.3 Å². The fourth-order valence-electron chi connectivity index (χ4n) is 2.08. The molecular weight excluding hydrogens is 243 g/mol. The van der Waals surface area contributed by atoms with Crippen molar-refractivity contribution < 1.29 is 9.13 Å². The van der Waals surface area contributed by atoms with Crippen molar-refractivity contribution in [2.24, 2.45) is 11.7 Å². The van der Waals surface area contributed by atoms with Gasteiger partial charge in [-0.25, -0.2) is 4.39 Å². The summed E-state index contributed by atoms with van der Waals surface area (Å²) in [5.41, 5.74) is 7.08. The molecule has 0 amide bonds. The van der Waals surface area contributed by atoms with Gasteiger partial charge in [-0.3, -0.25) is 0 Å². The highest BCUT2D eigenvalue weighted by molar-refractivity contribution is 5.49. The zero-order chi connectivity index (χ0) is 14.3. The van der Waals surface area contributed by atoms with Crippen LogP contribution in [0.25, 0.3) is 0 Å². The van der Waals surface area contributed by atoms with E-state index in [1.807, 2.05) is 17.0 Å². The van der Waals surface area contributed by atoms with Crippen LogP contribution in [0.1, 0.15) is 19.4 Å². The molecule has 0 aliphatic heterocycles.